The Morgan fingerprint density at radius 2 is 1.82 bits per heavy atom. The summed E-state index contributed by atoms with van der Waals surface area (Å²) in [6.07, 6.45) is 0.961. The van der Waals surface area contributed by atoms with Gasteiger partial charge in [-0.2, -0.15) is 0 Å². The summed E-state index contributed by atoms with van der Waals surface area (Å²) in [6, 6.07) is 12.0. The van der Waals surface area contributed by atoms with E-state index in [2.05, 4.69) is 10.2 Å². The zero-order chi connectivity index (χ0) is 24.0. The summed E-state index contributed by atoms with van der Waals surface area (Å²) in [4.78, 5) is 25.5. The lowest BCUT2D eigenvalue weighted by atomic mass is 10.1. The molecule has 33 heavy (non-hydrogen) atoms. The second kappa shape index (κ2) is 10.7. The number of nitro benzene ring substituents is 1. The standard InChI is InChI=1S/C22H28N4O6S/c1-17(25(33(2,30)31)20-4-3-5-21(14-20)26(28)29)22(27)23-15-18-6-8-19(9-7-18)16-24-10-12-32-13-11-24/h3-9,14,17H,10-13,15-16H2,1-2H3,(H,23,27)/t17-/m0/s1. The van der Waals surface area contributed by atoms with Gasteiger partial charge in [-0.25, -0.2) is 8.42 Å². The first kappa shape index (κ1) is 24.6. The highest BCUT2D eigenvalue weighted by molar-refractivity contribution is 7.92. The second-order valence-corrected chi connectivity index (χ2v) is 9.79. The number of sulfonamides is 1. The number of rotatable bonds is 9. The summed E-state index contributed by atoms with van der Waals surface area (Å²) in [5.74, 6) is -0.510. The molecule has 0 spiro atoms. The zero-order valence-electron chi connectivity index (χ0n) is 18.6. The third kappa shape index (κ3) is 6.73. The number of ether oxygens (including phenoxy) is 1. The van der Waals surface area contributed by atoms with E-state index in [1.165, 1.54) is 25.1 Å². The first-order valence-corrected chi connectivity index (χ1v) is 12.4. The Hall–Kier alpha value is -3.02. The molecule has 10 nitrogen and oxygen atoms in total. The summed E-state index contributed by atoms with van der Waals surface area (Å²) < 4.78 is 31.0. The van der Waals surface area contributed by atoms with Crippen LogP contribution in [0, 0.1) is 10.1 Å². The molecule has 0 bridgehead atoms. The van der Waals surface area contributed by atoms with Gasteiger partial charge in [0.2, 0.25) is 15.9 Å². The van der Waals surface area contributed by atoms with Crippen LogP contribution in [0.1, 0.15) is 18.1 Å². The van der Waals surface area contributed by atoms with Crippen molar-refractivity contribution in [2.24, 2.45) is 0 Å². The fraction of sp³-hybridized carbons (Fsp3) is 0.409. The van der Waals surface area contributed by atoms with Crippen molar-refractivity contribution in [3.05, 3.63) is 69.8 Å². The van der Waals surface area contributed by atoms with Crippen molar-refractivity contribution in [3.63, 3.8) is 0 Å². The molecule has 0 aliphatic carbocycles. The van der Waals surface area contributed by atoms with Gasteiger partial charge in [-0.3, -0.25) is 24.1 Å². The van der Waals surface area contributed by atoms with Crippen LogP contribution in [-0.2, 0) is 32.6 Å². The first-order valence-electron chi connectivity index (χ1n) is 10.5. The van der Waals surface area contributed by atoms with Crippen molar-refractivity contribution in [1.82, 2.24) is 10.2 Å². The van der Waals surface area contributed by atoms with Crippen LogP contribution in [0.3, 0.4) is 0 Å². The van der Waals surface area contributed by atoms with Crippen LogP contribution in [0.4, 0.5) is 11.4 Å². The smallest absolute Gasteiger partial charge is 0.271 e. The number of benzene rings is 2. The number of nitro groups is 1. The molecule has 1 aliphatic heterocycles. The van der Waals surface area contributed by atoms with Crippen molar-refractivity contribution in [2.75, 3.05) is 36.9 Å². The number of hydrogen-bond acceptors (Lipinski definition) is 7. The summed E-state index contributed by atoms with van der Waals surface area (Å²) in [6.45, 7) is 5.79. The normalized spacial score (nSPS) is 15.6. The summed E-state index contributed by atoms with van der Waals surface area (Å²) in [5, 5.41) is 13.8. The molecule has 2 aromatic carbocycles. The molecule has 0 saturated carbocycles. The van der Waals surface area contributed by atoms with E-state index in [-0.39, 0.29) is 17.9 Å². The number of morpholine rings is 1. The predicted octanol–water partition coefficient (Wildman–Crippen LogP) is 1.90. The molecule has 0 radical (unpaired) electrons. The van der Waals surface area contributed by atoms with Crippen LogP contribution >= 0.6 is 0 Å². The third-order valence-electron chi connectivity index (χ3n) is 5.38. The Bertz CT molecular complexity index is 1080. The molecule has 1 N–H and O–H groups in total. The molecule has 0 unspecified atom stereocenters. The summed E-state index contributed by atoms with van der Waals surface area (Å²) in [7, 11) is -3.87. The molecule has 1 amide bonds. The van der Waals surface area contributed by atoms with Crippen molar-refractivity contribution < 1.29 is 22.9 Å². The van der Waals surface area contributed by atoms with Gasteiger partial charge in [-0.15, -0.1) is 0 Å². The predicted molar refractivity (Wildman–Crippen MR) is 124 cm³/mol. The number of hydrogen-bond donors (Lipinski definition) is 1. The Morgan fingerprint density at radius 1 is 1.18 bits per heavy atom. The minimum absolute atomic E-state index is 0.0572. The topological polar surface area (TPSA) is 122 Å². The van der Waals surface area contributed by atoms with Crippen molar-refractivity contribution >= 4 is 27.3 Å². The molecular formula is C22H28N4O6S. The molecule has 11 heteroatoms. The van der Waals surface area contributed by atoms with Crippen LogP contribution in [0.5, 0.6) is 0 Å². The maximum Gasteiger partial charge on any atom is 0.271 e. The van der Waals surface area contributed by atoms with Crippen LogP contribution < -0.4 is 9.62 Å². The molecule has 0 aromatic heterocycles. The van der Waals surface area contributed by atoms with E-state index in [1.54, 1.807) is 0 Å². The van der Waals surface area contributed by atoms with E-state index in [4.69, 9.17) is 4.74 Å². The van der Waals surface area contributed by atoms with Gasteiger partial charge < -0.3 is 10.1 Å². The average molecular weight is 477 g/mol. The maximum absolute atomic E-state index is 12.8. The highest BCUT2D eigenvalue weighted by Crippen LogP contribution is 2.25. The highest BCUT2D eigenvalue weighted by Gasteiger charge is 2.30. The van der Waals surface area contributed by atoms with Crippen LogP contribution in [0.2, 0.25) is 0 Å². The van der Waals surface area contributed by atoms with Crippen LogP contribution in [-0.4, -0.2) is 62.7 Å². The molecule has 1 fully saturated rings. The molecule has 178 valence electrons. The van der Waals surface area contributed by atoms with Gasteiger partial charge in [0.05, 0.1) is 30.1 Å². The highest BCUT2D eigenvalue weighted by atomic mass is 32.2. The minimum atomic E-state index is -3.87. The third-order valence-corrected chi connectivity index (χ3v) is 6.62. The fourth-order valence-corrected chi connectivity index (χ4v) is 4.84. The lowest BCUT2D eigenvalue weighted by molar-refractivity contribution is -0.384. The SMILES string of the molecule is C[C@@H](C(=O)NCc1ccc(CN2CCOCC2)cc1)N(c1cccc([N+](=O)[O-])c1)S(C)(=O)=O. The lowest BCUT2D eigenvalue weighted by Gasteiger charge is -2.28. The quantitative estimate of drug-likeness (QED) is 0.433. The first-order chi connectivity index (χ1) is 15.6. The monoisotopic (exact) mass is 476 g/mol. The van der Waals surface area contributed by atoms with E-state index in [1.807, 2.05) is 24.3 Å². The van der Waals surface area contributed by atoms with E-state index in [0.29, 0.717) is 0 Å². The number of nitrogens with zero attached hydrogens (tertiary/aromatic N) is 3. The fourth-order valence-electron chi connectivity index (χ4n) is 3.67. The summed E-state index contributed by atoms with van der Waals surface area (Å²) in [5.41, 5.74) is 1.84. The van der Waals surface area contributed by atoms with E-state index in [9.17, 15) is 23.3 Å². The molecule has 1 aliphatic rings. The van der Waals surface area contributed by atoms with Gasteiger partial charge in [0.25, 0.3) is 5.69 Å². The van der Waals surface area contributed by atoms with Crippen molar-refractivity contribution in [3.8, 4) is 0 Å². The van der Waals surface area contributed by atoms with Gasteiger partial charge >= 0.3 is 0 Å². The molecule has 2 aromatic rings. The van der Waals surface area contributed by atoms with E-state index >= 15 is 0 Å². The number of nitrogens with one attached hydrogen (secondary N) is 1. The van der Waals surface area contributed by atoms with Crippen LogP contribution in [0.15, 0.2) is 48.5 Å². The van der Waals surface area contributed by atoms with Gasteiger partial charge in [0.15, 0.2) is 0 Å². The summed E-state index contributed by atoms with van der Waals surface area (Å²) >= 11 is 0. The van der Waals surface area contributed by atoms with E-state index in [0.717, 1.165) is 60.6 Å². The Balaban J connectivity index is 1.64. The van der Waals surface area contributed by atoms with Crippen molar-refractivity contribution in [2.45, 2.75) is 26.1 Å². The number of carbonyl (C=O) groups is 1. The Kier molecular flexibility index (Phi) is 8.01. The maximum atomic E-state index is 12.8. The Labute approximate surface area is 193 Å². The van der Waals surface area contributed by atoms with E-state index < -0.39 is 26.9 Å². The lowest BCUT2D eigenvalue weighted by Crippen LogP contribution is -2.47. The molecule has 1 heterocycles. The number of anilines is 1. The van der Waals surface area contributed by atoms with Gasteiger partial charge in [0.1, 0.15) is 6.04 Å². The van der Waals surface area contributed by atoms with Gasteiger partial charge in [-0.05, 0) is 24.1 Å². The number of carbonyl (C=O) groups excluding carboxylic acids is 1. The minimum Gasteiger partial charge on any atom is -0.379 e. The van der Waals surface area contributed by atoms with Crippen LogP contribution in [0.25, 0.3) is 0 Å². The molecule has 1 atom stereocenters. The zero-order valence-corrected chi connectivity index (χ0v) is 19.5. The molecule has 3 rings (SSSR count). The van der Waals surface area contributed by atoms with Crippen molar-refractivity contribution in [1.29, 1.82) is 0 Å². The largest absolute Gasteiger partial charge is 0.379 e. The molecular weight excluding hydrogens is 448 g/mol. The number of non-ortho nitro benzene ring substituents is 1. The van der Waals surface area contributed by atoms with Gasteiger partial charge in [-0.1, -0.05) is 30.3 Å². The average Bonchev–Trinajstić information content (AvgIpc) is 2.78. The second-order valence-electron chi connectivity index (χ2n) is 7.93. The van der Waals surface area contributed by atoms with Gasteiger partial charge in [0, 0.05) is 38.3 Å². The molecule has 1 saturated heterocycles. The number of amides is 1. The Morgan fingerprint density at radius 3 is 2.42 bits per heavy atom.